The molecule has 23 heavy (non-hydrogen) atoms. The van der Waals surface area contributed by atoms with Gasteiger partial charge in [0.2, 0.25) is 0 Å². The number of ether oxygens (including phenoxy) is 1. The molecule has 1 aromatic heterocycles. The molecule has 1 N–H and O–H groups in total. The van der Waals surface area contributed by atoms with E-state index in [1.54, 1.807) is 12.4 Å². The van der Waals surface area contributed by atoms with E-state index in [0.717, 1.165) is 24.8 Å². The van der Waals surface area contributed by atoms with Crippen molar-refractivity contribution in [3.05, 3.63) is 24.5 Å². The molecule has 1 saturated heterocycles. The Morgan fingerprint density at radius 2 is 2.26 bits per heavy atom. The van der Waals surface area contributed by atoms with Gasteiger partial charge in [-0.15, -0.1) is 0 Å². The predicted octanol–water partition coefficient (Wildman–Crippen LogP) is 2.69. The fraction of sp³-hybridized carbons (Fsp3) is 0.667. The van der Waals surface area contributed by atoms with E-state index in [1.165, 1.54) is 38.6 Å². The molecule has 1 aromatic rings. The number of nitrogens with one attached hydrogen (secondary N) is 1. The van der Waals surface area contributed by atoms with Gasteiger partial charge < -0.3 is 15.0 Å². The van der Waals surface area contributed by atoms with Gasteiger partial charge in [-0.1, -0.05) is 12.8 Å². The Hall–Kier alpha value is -1.78. The standard InChI is InChI=1S/C18H28N4O/c1-2-20-17(21-11-13-23-16-6-5-10-19-14-16)22-12-9-18(15-22)7-3-4-8-18/h5-6,10,14H,2-4,7-9,11-13,15H2,1H3,(H,20,21). The van der Waals surface area contributed by atoms with Gasteiger partial charge >= 0.3 is 0 Å². The van der Waals surface area contributed by atoms with Crippen molar-refractivity contribution in [2.75, 3.05) is 32.8 Å². The molecule has 1 aliphatic carbocycles. The minimum Gasteiger partial charge on any atom is -0.490 e. The number of aromatic nitrogens is 1. The molecule has 2 fully saturated rings. The number of hydrogen-bond acceptors (Lipinski definition) is 3. The minimum absolute atomic E-state index is 0.572. The van der Waals surface area contributed by atoms with Gasteiger partial charge in [0.1, 0.15) is 12.4 Å². The van der Waals surface area contributed by atoms with E-state index in [1.807, 2.05) is 12.1 Å². The maximum atomic E-state index is 5.67. The normalized spacial score (nSPS) is 20.2. The molecule has 5 nitrogen and oxygen atoms in total. The van der Waals surface area contributed by atoms with Crippen molar-refractivity contribution in [1.82, 2.24) is 15.2 Å². The minimum atomic E-state index is 0.572. The van der Waals surface area contributed by atoms with Crippen molar-refractivity contribution in [1.29, 1.82) is 0 Å². The second-order valence-corrected chi connectivity index (χ2v) is 6.65. The predicted molar refractivity (Wildman–Crippen MR) is 92.8 cm³/mol. The second kappa shape index (κ2) is 7.66. The van der Waals surface area contributed by atoms with Gasteiger partial charge in [-0.3, -0.25) is 4.98 Å². The average molecular weight is 316 g/mol. The van der Waals surface area contributed by atoms with E-state index in [0.29, 0.717) is 18.6 Å². The molecule has 2 heterocycles. The number of guanidine groups is 1. The molecule has 0 aromatic carbocycles. The number of rotatable bonds is 5. The van der Waals surface area contributed by atoms with Crippen LogP contribution in [0.5, 0.6) is 5.75 Å². The van der Waals surface area contributed by atoms with Crippen LogP contribution in [0.25, 0.3) is 0 Å². The van der Waals surface area contributed by atoms with Crippen LogP contribution in [-0.2, 0) is 0 Å². The summed E-state index contributed by atoms with van der Waals surface area (Å²) < 4.78 is 5.67. The van der Waals surface area contributed by atoms with E-state index in [2.05, 4.69) is 22.1 Å². The Morgan fingerprint density at radius 3 is 3.00 bits per heavy atom. The lowest BCUT2D eigenvalue weighted by molar-refractivity contribution is 0.307. The van der Waals surface area contributed by atoms with Crippen LogP contribution in [-0.4, -0.2) is 48.6 Å². The van der Waals surface area contributed by atoms with E-state index >= 15 is 0 Å². The third-order valence-electron chi connectivity index (χ3n) is 4.99. The van der Waals surface area contributed by atoms with Gasteiger partial charge in [0.15, 0.2) is 5.96 Å². The van der Waals surface area contributed by atoms with Gasteiger partial charge in [-0.2, -0.15) is 0 Å². The van der Waals surface area contributed by atoms with Gasteiger partial charge in [0.05, 0.1) is 12.7 Å². The first-order valence-corrected chi connectivity index (χ1v) is 8.87. The first-order valence-electron chi connectivity index (χ1n) is 8.87. The lowest BCUT2D eigenvalue weighted by Crippen LogP contribution is -2.41. The molecule has 1 aliphatic heterocycles. The Kier molecular flexibility index (Phi) is 5.36. The zero-order valence-corrected chi connectivity index (χ0v) is 14.1. The van der Waals surface area contributed by atoms with Crippen LogP contribution in [0, 0.1) is 5.41 Å². The van der Waals surface area contributed by atoms with Crippen molar-refractivity contribution >= 4 is 5.96 Å². The van der Waals surface area contributed by atoms with Crippen LogP contribution >= 0.6 is 0 Å². The third kappa shape index (κ3) is 4.15. The Balaban J connectivity index is 1.51. The van der Waals surface area contributed by atoms with Gasteiger partial charge in [-0.25, -0.2) is 4.99 Å². The molecule has 0 radical (unpaired) electrons. The summed E-state index contributed by atoms with van der Waals surface area (Å²) in [5.41, 5.74) is 0.572. The number of likely N-dealkylation sites (tertiary alicyclic amines) is 1. The summed E-state index contributed by atoms with van der Waals surface area (Å²) in [5, 5.41) is 3.44. The highest BCUT2D eigenvalue weighted by Gasteiger charge is 2.41. The zero-order chi connectivity index (χ0) is 16.0. The molecule has 126 valence electrons. The van der Waals surface area contributed by atoms with Crippen LogP contribution in [0.1, 0.15) is 39.0 Å². The largest absolute Gasteiger partial charge is 0.490 e. The summed E-state index contributed by atoms with van der Waals surface area (Å²) in [4.78, 5) is 11.2. The van der Waals surface area contributed by atoms with Crippen LogP contribution < -0.4 is 10.1 Å². The van der Waals surface area contributed by atoms with E-state index in [-0.39, 0.29) is 0 Å². The van der Waals surface area contributed by atoms with Crippen molar-refractivity contribution in [3.63, 3.8) is 0 Å². The molecule has 5 heteroatoms. The summed E-state index contributed by atoms with van der Waals surface area (Å²) in [6, 6.07) is 3.81. The molecule has 0 amide bonds. The smallest absolute Gasteiger partial charge is 0.194 e. The van der Waals surface area contributed by atoms with Gasteiger partial charge in [0.25, 0.3) is 0 Å². The summed E-state index contributed by atoms with van der Waals surface area (Å²) in [5.74, 6) is 1.85. The summed E-state index contributed by atoms with van der Waals surface area (Å²) in [6.07, 6.45) is 10.4. The molecule has 0 unspecified atom stereocenters. The van der Waals surface area contributed by atoms with Gasteiger partial charge in [0, 0.05) is 25.8 Å². The maximum Gasteiger partial charge on any atom is 0.194 e. The lowest BCUT2D eigenvalue weighted by Gasteiger charge is -2.26. The third-order valence-corrected chi connectivity index (χ3v) is 4.99. The monoisotopic (exact) mass is 316 g/mol. The molecule has 0 atom stereocenters. The fourth-order valence-corrected chi connectivity index (χ4v) is 3.82. The zero-order valence-electron chi connectivity index (χ0n) is 14.1. The van der Waals surface area contributed by atoms with Crippen molar-refractivity contribution in [2.24, 2.45) is 10.4 Å². The Labute approximate surface area is 139 Å². The number of pyridine rings is 1. The van der Waals surface area contributed by atoms with Crippen molar-refractivity contribution in [3.8, 4) is 5.75 Å². The molecule has 1 spiro atoms. The quantitative estimate of drug-likeness (QED) is 0.515. The topological polar surface area (TPSA) is 49.8 Å². The Bertz CT molecular complexity index is 511. The molecule has 1 saturated carbocycles. The number of nitrogens with zero attached hydrogens (tertiary/aromatic N) is 3. The first-order chi connectivity index (χ1) is 11.3. The van der Waals surface area contributed by atoms with Crippen LogP contribution in [0.15, 0.2) is 29.5 Å². The molecular weight excluding hydrogens is 288 g/mol. The maximum absolute atomic E-state index is 5.67. The SMILES string of the molecule is CCNC(=NCCOc1cccnc1)N1CCC2(CCCC2)C1. The summed E-state index contributed by atoms with van der Waals surface area (Å²) in [7, 11) is 0. The van der Waals surface area contributed by atoms with Crippen molar-refractivity contribution in [2.45, 2.75) is 39.0 Å². The number of aliphatic imine (C=N–C) groups is 1. The highest BCUT2D eigenvalue weighted by atomic mass is 16.5. The van der Waals surface area contributed by atoms with Gasteiger partial charge in [-0.05, 0) is 43.7 Å². The molecule has 3 rings (SSSR count). The van der Waals surface area contributed by atoms with Crippen LogP contribution in [0.2, 0.25) is 0 Å². The van der Waals surface area contributed by atoms with Crippen LogP contribution in [0.4, 0.5) is 0 Å². The second-order valence-electron chi connectivity index (χ2n) is 6.65. The van der Waals surface area contributed by atoms with E-state index < -0.39 is 0 Å². The molecular formula is C18H28N4O. The highest BCUT2D eigenvalue weighted by Crippen LogP contribution is 2.45. The first kappa shape index (κ1) is 16.1. The van der Waals surface area contributed by atoms with E-state index in [4.69, 9.17) is 9.73 Å². The average Bonchev–Trinajstić information content (AvgIpc) is 3.22. The Morgan fingerprint density at radius 1 is 1.39 bits per heavy atom. The summed E-state index contributed by atoms with van der Waals surface area (Å²) in [6.45, 7) is 6.59. The van der Waals surface area contributed by atoms with E-state index in [9.17, 15) is 0 Å². The fourth-order valence-electron chi connectivity index (χ4n) is 3.82. The molecule has 2 aliphatic rings. The number of hydrogen-bond donors (Lipinski definition) is 1. The lowest BCUT2D eigenvalue weighted by atomic mass is 9.86. The highest BCUT2D eigenvalue weighted by molar-refractivity contribution is 5.80. The summed E-state index contributed by atoms with van der Waals surface area (Å²) >= 11 is 0. The van der Waals surface area contributed by atoms with Crippen LogP contribution in [0.3, 0.4) is 0 Å². The van der Waals surface area contributed by atoms with Crippen molar-refractivity contribution < 1.29 is 4.74 Å². The molecule has 0 bridgehead atoms.